The molecule has 16 heavy (non-hydrogen) atoms. The quantitative estimate of drug-likeness (QED) is 0.598. The number of halogens is 1. The van der Waals surface area contributed by atoms with Crippen LogP contribution >= 0.6 is 27.7 Å². The van der Waals surface area contributed by atoms with Crippen molar-refractivity contribution in [1.82, 2.24) is 5.32 Å². The van der Waals surface area contributed by atoms with Gasteiger partial charge < -0.3 is 5.32 Å². The molecule has 0 unspecified atom stereocenters. The van der Waals surface area contributed by atoms with Crippen molar-refractivity contribution in [2.45, 2.75) is 24.8 Å². The Hall–Kier alpha value is -0.250. The van der Waals surface area contributed by atoms with E-state index in [1.54, 1.807) is 11.8 Å². The highest BCUT2D eigenvalue weighted by Crippen LogP contribution is 2.22. The number of rotatable bonds is 7. The summed E-state index contributed by atoms with van der Waals surface area (Å²) in [5, 5.41) is 3.39. The van der Waals surface area contributed by atoms with Crippen molar-refractivity contribution in [3.05, 3.63) is 40.9 Å². The SMILES string of the molecule is C=C(Br)CSc1ccc(CNCCC)cc1. The number of benzene rings is 1. The standard InChI is InChI=1S/C13H18BrNS/c1-3-8-15-9-12-4-6-13(7-5-12)16-10-11(2)14/h4-7,15H,2-3,8-10H2,1H3. The number of thioether (sulfide) groups is 1. The molecule has 0 heterocycles. The Bertz CT molecular complexity index is 321. The summed E-state index contributed by atoms with van der Waals surface area (Å²) in [6, 6.07) is 8.71. The van der Waals surface area contributed by atoms with Crippen LogP contribution in [0.25, 0.3) is 0 Å². The Labute approximate surface area is 111 Å². The lowest BCUT2D eigenvalue weighted by molar-refractivity contribution is 0.675. The van der Waals surface area contributed by atoms with E-state index in [0.29, 0.717) is 0 Å². The van der Waals surface area contributed by atoms with Crippen molar-refractivity contribution >= 4 is 27.7 Å². The Morgan fingerprint density at radius 2 is 2.06 bits per heavy atom. The molecule has 0 radical (unpaired) electrons. The third-order valence-electron chi connectivity index (χ3n) is 2.07. The van der Waals surface area contributed by atoms with Crippen molar-refractivity contribution in [3.8, 4) is 0 Å². The summed E-state index contributed by atoms with van der Waals surface area (Å²) in [5.74, 6) is 0.924. The molecule has 0 aliphatic rings. The zero-order chi connectivity index (χ0) is 11.8. The van der Waals surface area contributed by atoms with Gasteiger partial charge in [-0.25, -0.2) is 0 Å². The van der Waals surface area contributed by atoms with Crippen LogP contribution in [0.4, 0.5) is 0 Å². The van der Waals surface area contributed by atoms with Crippen molar-refractivity contribution in [2.24, 2.45) is 0 Å². The molecule has 0 bridgehead atoms. The predicted octanol–water partition coefficient (Wildman–Crippen LogP) is 4.19. The molecule has 0 aliphatic carbocycles. The molecule has 0 aromatic heterocycles. The molecule has 0 saturated carbocycles. The van der Waals surface area contributed by atoms with Crippen molar-refractivity contribution in [3.63, 3.8) is 0 Å². The third-order valence-corrected chi connectivity index (χ3v) is 3.82. The molecule has 0 amide bonds. The third kappa shape index (κ3) is 5.73. The van der Waals surface area contributed by atoms with E-state index >= 15 is 0 Å². The molecule has 1 rings (SSSR count). The van der Waals surface area contributed by atoms with Crippen LogP contribution in [-0.4, -0.2) is 12.3 Å². The summed E-state index contributed by atoms with van der Waals surface area (Å²) >= 11 is 5.16. The van der Waals surface area contributed by atoms with Crippen LogP contribution < -0.4 is 5.32 Å². The van der Waals surface area contributed by atoms with Gasteiger partial charge in [-0.15, -0.1) is 11.8 Å². The summed E-state index contributed by atoms with van der Waals surface area (Å²) in [6.07, 6.45) is 1.18. The van der Waals surface area contributed by atoms with Crippen LogP contribution in [0.3, 0.4) is 0 Å². The second kappa shape index (κ2) is 7.93. The molecular weight excluding hydrogens is 282 g/mol. The number of hydrogen-bond acceptors (Lipinski definition) is 2. The van der Waals surface area contributed by atoms with Gasteiger partial charge in [0.1, 0.15) is 0 Å². The van der Waals surface area contributed by atoms with E-state index in [1.807, 2.05) is 0 Å². The summed E-state index contributed by atoms with van der Waals surface area (Å²) in [5.41, 5.74) is 1.34. The molecule has 0 aliphatic heterocycles. The second-order valence-corrected chi connectivity index (χ2v) is 5.80. The lowest BCUT2D eigenvalue weighted by Crippen LogP contribution is -2.13. The minimum Gasteiger partial charge on any atom is -0.313 e. The Kier molecular flexibility index (Phi) is 6.85. The van der Waals surface area contributed by atoms with Gasteiger partial charge in [0.2, 0.25) is 0 Å². The van der Waals surface area contributed by atoms with Gasteiger partial charge in [-0.2, -0.15) is 0 Å². The summed E-state index contributed by atoms with van der Waals surface area (Å²) in [4.78, 5) is 1.29. The van der Waals surface area contributed by atoms with E-state index in [-0.39, 0.29) is 0 Å². The lowest BCUT2D eigenvalue weighted by atomic mass is 10.2. The van der Waals surface area contributed by atoms with Gasteiger partial charge in [0, 0.05) is 17.2 Å². The molecule has 1 aromatic rings. The first-order valence-electron chi connectivity index (χ1n) is 5.48. The largest absolute Gasteiger partial charge is 0.313 e. The molecule has 3 heteroatoms. The van der Waals surface area contributed by atoms with E-state index < -0.39 is 0 Å². The first kappa shape index (κ1) is 13.8. The van der Waals surface area contributed by atoms with Gasteiger partial charge in [0.25, 0.3) is 0 Å². The topological polar surface area (TPSA) is 12.0 Å². The van der Waals surface area contributed by atoms with Crippen molar-refractivity contribution in [2.75, 3.05) is 12.3 Å². The minimum atomic E-state index is 0.924. The highest BCUT2D eigenvalue weighted by molar-refractivity contribution is 9.11. The summed E-state index contributed by atoms with van der Waals surface area (Å²) in [7, 11) is 0. The van der Waals surface area contributed by atoms with Gasteiger partial charge in [-0.1, -0.05) is 41.6 Å². The van der Waals surface area contributed by atoms with E-state index in [9.17, 15) is 0 Å². The van der Waals surface area contributed by atoms with E-state index in [0.717, 1.165) is 23.3 Å². The summed E-state index contributed by atoms with van der Waals surface area (Å²) < 4.78 is 1.03. The molecule has 0 spiro atoms. The molecule has 1 aromatic carbocycles. The van der Waals surface area contributed by atoms with Gasteiger partial charge in [-0.3, -0.25) is 0 Å². The average Bonchev–Trinajstić information content (AvgIpc) is 2.28. The van der Waals surface area contributed by atoms with Crippen LogP contribution in [0.2, 0.25) is 0 Å². The Balaban J connectivity index is 2.38. The monoisotopic (exact) mass is 299 g/mol. The minimum absolute atomic E-state index is 0.924. The van der Waals surface area contributed by atoms with Gasteiger partial charge >= 0.3 is 0 Å². The highest BCUT2D eigenvalue weighted by Gasteiger charge is 1.96. The van der Waals surface area contributed by atoms with Crippen molar-refractivity contribution in [1.29, 1.82) is 0 Å². The van der Waals surface area contributed by atoms with Crippen molar-refractivity contribution < 1.29 is 0 Å². The molecule has 1 N–H and O–H groups in total. The maximum Gasteiger partial charge on any atom is 0.0292 e. The van der Waals surface area contributed by atoms with Crippen LogP contribution in [0.1, 0.15) is 18.9 Å². The molecule has 0 fully saturated rings. The summed E-state index contributed by atoms with van der Waals surface area (Å²) in [6.45, 7) is 8.05. The fourth-order valence-electron chi connectivity index (χ4n) is 1.27. The van der Waals surface area contributed by atoms with E-state index in [4.69, 9.17) is 0 Å². The fourth-order valence-corrected chi connectivity index (χ4v) is 2.27. The predicted molar refractivity (Wildman–Crippen MR) is 77.2 cm³/mol. The van der Waals surface area contributed by atoms with Crippen LogP contribution in [0, 0.1) is 0 Å². The molecule has 1 nitrogen and oxygen atoms in total. The zero-order valence-corrected chi connectivity index (χ0v) is 12.0. The average molecular weight is 300 g/mol. The second-order valence-electron chi connectivity index (χ2n) is 3.63. The highest BCUT2D eigenvalue weighted by atomic mass is 79.9. The molecule has 88 valence electrons. The van der Waals surface area contributed by atoms with Gasteiger partial charge in [0.15, 0.2) is 0 Å². The van der Waals surface area contributed by atoms with E-state index in [2.05, 4.69) is 59.0 Å². The van der Waals surface area contributed by atoms with Crippen LogP contribution in [0.5, 0.6) is 0 Å². The number of nitrogens with one attached hydrogen (secondary N) is 1. The first-order valence-corrected chi connectivity index (χ1v) is 7.26. The van der Waals surface area contributed by atoms with Gasteiger partial charge in [0.05, 0.1) is 0 Å². The maximum atomic E-state index is 3.82. The van der Waals surface area contributed by atoms with Gasteiger partial charge in [-0.05, 0) is 35.1 Å². The smallest absolute Gasteiger partial charge is 0.0292 e. The zero-order valence-electron chi connectivity index (χ0n) is 9.63. The normalized spacial score (nSPS) is 10.4. The van der Waals surface area contributed by atoms with Crippen LogP contribution in [0.15, 0.2) is 40.2 Å². The van der Waals surface area contributed by atoms with Crippen LogP contribution in [-0.2, 0) is 6.54 Å². The fraction of sp³-hybridized carbons (Fsp3) is 0.385. The lowest BCUT2D eigenvalue weighted by Gasteiger charge is -2.05. The molecular formula is C13H18BrNS. The maximum absolute atomic E-state index is 3.82. The number of hydrogen-bond donors (Lipinski definition) is 1. The first-order chi connectivity index (χ1) is 7.72. The Morgan fingerprint density at radius 1 is 1.38 bits per heavy atom. The molecule has 0 saturated heterocycles. The Morgan fingerprint density at radius 3 is 2.62 bits per heavy atom. The molecule has 0 atom stereocenters. The van der Waals surface area contributed by atoms with E-state index in [1.165, 1.54) is 16.9 Å².